The van der Waals surface area contributed by atoms with Crippen molar-refractivity contribution in [2.45, 2.75) is 6.92 Å². The zero-order valence-corrected chi connectivity index (χ0v) is 12.3. The molecule has 94 valence electrons. The summed E-state index contributed by atoms with van der Waals surface area (Å²) in [6.07, 6.45) is 3.77. The SMILES string of the molecule is C=CCNc1nc(C)cn1-c1ccc(Cl)c(Br)c1. The lowest BCUT2D eigenvalue weighted by molar-refractivity contribution is 1.04. The van der Waals surface area contributed by atoms with Gasteiger partial charge in [0.25, 0.3) is 0 Å². The molecule has 2 rings (SSSR count). The summed E-state index contributed by atoms with van der Waals surface area (Å²) in [6, 6.07) is 5.77. The molecule has 1 heterocycles. The Morgan fingerprint density at radius 1 is 1.56 bits per heavy atom. The Balaban J connectivity index is 2.42. The first-order valence-corrected chi connectivity index (χ1v) is 6.65. The van der Waals surface area contributed by atoms with Crippen molar-refractivity contribution in [3.63, 3.8) is 0 Å². The van der Waals surface area contributed by atoms with Crippen LogP contribution in [0.3, 0.4) is 0 Å². The zero-order valence-electron chi connectivity index (χ0n) is 9.95. The molecule has 2 aromatic rings. The Hall–Kier alpha value is -1.26. The standard InChI is InChI=1S/C13H13BrClN3/c1-3-6-16-13-17-9(2)8-18(13)10-4-5-12(15)11(14)7-10/h3-5,7-8H,1,6H2,2H3,(H,16,17). The van der Waals surface area contributed by atoms with Crippen LogP contribution in [-0.4, -0.2) is 16.1 Å². The van der Waals surface area contributed by atoms with Gasteiger partial charge < -0.3 is 5.32 Å². The summed E-state index contributed by atoms with van der Waals surface area (Å²) in [5.41, 5.74) is 1.95. The summed E-state index contributed by atoms with van der Waals surface area (Å²) in [6.45, 7) is 6.32. The molecule has 0 spiro atoms. The number of nitrogens with zero attached hydrogens (tertiary/aromatic N) is 2. The van der Waals surface area contributed by atoms with Crippen molar-refractivity contribution in [3.8, 4) is 5.69 Å². The Bertz CT molecular complexity index is 578. The quantitative estimate of drug-likeness (QED) is 0.854. The first kappa shape index (κ1) is 13.2. The summed E-state index contributed by atoms with van der Waals surface area (Å²) >= 11 is 9.42. The average molecular weight is 327 g/mol. The number of aryl methyl sites for hydroxylation is 1. The van der Waals surface area contributed by atoms with Gasteiger partial charge in [0.05, 0.1) is 10.7 Å². The van der Waals surface area contributed by atoms with Gasteiger partial charge in [0, 0.05) is 22.9 Å². The summed E-state index contributed by atoms with van der Waals surface area (Å²) in [5.74, 6) is 0.793. The fourth-order valence-corrected chi connectivity index (χ4v) is 2.10. The third kappa shape index (κ3) is 2.76. The van der Waals surface area contributed by atoms with Crippen LogP contribution in [0.2, 0.25) is 5.02 Å². The van der Waals surface area contributed by atoms with Crippen LogP contribution in [0.25, 0.3) is 5.69 Å². The van der Waals surface area contributed by atoms with Gasteiger partial charge in [-0.2, -0.15) is 0 Å². The minimum absolute atomic E-state index is 0.672. The van der Waals surface area contributed by atoms with Crippen molar-refractivity contribution in [3.05, 3.63) is 52.2 Å². The molecule has 0 radical (unpaired) electrons. The molecule has 0 aliphatic heterocycles. The molecule has 0 amide bonds. The van der Waals surface area contributed by atoms with Crippen LogP contribution in [0.4, 0.5) is 5.95 Å². The van der Waals surface area contributed by atoms with Gasteiger partial charge in [-0.1, -0.05) is 17.7 Å². The fraction of sp³-hybridized carbons (Fsp3) is 0.154. The number of rotatable bonds is 4. The lowest BCUT2D eigenvalue weighted by Gasteiger charge is -2.09. The molecule has 0 aliphatic rings. The summed E-state index contributed by atoms with van der Waals surface area (Å²) < 4.78 is 2.85. The maximum absolute atomic E-state index is 6.00. The van der Waals surface area contributed by atoms with Crippen LogP contribution in [0.1, 0.15) is 5.69 Å². The molecule has 1 aromatic carbocycles. The van der Waals surface area contributed by atoms with Crippen LogP contribution < -0.4 is 5.32 Å². The number of benzene rings is 1. The van der Waals surface area contributed by atoms with Crippen molar-refractivity contribution >= 4 is 33.5 Å². The first-order valence-electron chi connectivity index (χ1n) is 5.48. The molecule has 0 saturated carbocycles. The predicted octanol–water partition coefficient (Wildman–Crippen LogP) is 4.19. The minimum atomic E-state index is 0.672. The van der Waals surface area contributed by atoms with Crippen LogP contribution in [0, 0.1) is 6.92 Å². The van der Waals surface area contributed by atoms with Gasteiger partial charge in [0.2, 0.25) is 5.95 Å². The predicted molar refractivity (Wildman–Crippen MR) is 79.7 cm³/mol. The highest BCUT2D eigenvalue weighted by atomic mass is 79.9. The second-order valence-electron chi connectivity index (χ2n) is 3.84. The highest BCUT2D eigenvalue weighted by molar-refractivity contribution is 9.10. The van der Waals surface area contributed by atoms with Crippen molar-refractivity contribution < 1.29 is 0 Å². The Labute approximate surface area is 120 Å². The molecule has 0 unspecified atom stereocenters. The van der Waals surface area contributed by atoms with E-state index in [-0.39, 0.29) is 0 Å². The van der Waals surface area contributed by atoms with E-state index in [1.165, 1.54) is 0 Å². The Morgan fingerprint density at radius 2 is 2.33 bits per heavy atom. The highest BCUT2D eigenvalue weighted by Gasteiger charge is 2.08. The van der Waals surface area contributed by atoms with Gasteiger partial charge >= 0.3 is 0 Å². The van der Waals surface area contributed by atoms with E-state index in [4.69, 9.17) is 11.6 Å². The van der Waals surface area contributed by atoms with Crippen LogP contribution in [0.5, 0.6) is 0 Å². The molecule has 0 saturated heterocycles. The molecule has 0 bridgehead atoms. The number of hydrogen-bond donors (Lipinski definition) is 1. The van der Waals surface area contributed by atoms with E-state index in [0.717, 1.165) is 21.8 Å². The molecule has 0 atom stereocenters. The molecule has 18 heavy (non-hydrogen) atoms. The van der Waals surface area contributed by atoms with Gasteiger partial charge in [0.15, 0.2) is 0 Å². The zero-order chi connectivity index (χ0) is 13.1. The molecule has 1 aromatic heterocycles. The second-order valence-corrected chi connectivity index (χ2v) is 5.11. The largest absolute Gasteiger partial charge is 0.352 e. The van der Waals surface area contributed by atoms with Crippen LogP contribution in [0.15, 0.2) is 41.5 Å². The van der Waals surface area contributed by atoms with Crippen molar-refractivity contribution in [2.75, 3.05) is 11.9 Å². The highest BCUT2D eigenvalue weighted by Crippen LogP contribution is 2.26. The van der Waals surface area contributed by atoms with E-state index in [0.29, 0.717) is 11.6 Å². The van der Waals surface area contributed by atoms with Crippen molar-refractivity contribution in [1.29, 1.82) is 0 Å². The molecule has 0 aliphatic carbocycles. The number of anilines is 1. The van der Waals surface area contributed by atoms with Gasteiger partial charge in [-0.25, -0.2) is 4.98 Å². The smallest absolute Gasteiger partial charge is 0.207 e. The minimum Gasteiger partial charge on any atom is -0.352 e. The monoisotopic (exact) mass is 325 g/mol. The Morgan fingerprint density at radius 3 is 3.00 bits per heavy atom. The average Bonchev–Trinajstić information content (AvgIpc) is 2.71. The molecule has 5 heteroatoms. The van der Waals surface area contributed by atoms with Gasteiger partial charge in [-0.05, 0) is 41.1 Å². The van der Waals surface area contributed by atoms with Crippen LogP contribution >= 0.6 is 27.5 Å². The van der Waals surface area contributed by atoms with Crippen LogP contribution in [-0.2, 0) is 0 Å². The second kappa shape index (κ2) is 5.59. The van der Waals surface area contributed by atoms with E-state index >= 15 is 0 Å². The lowest BCUT2D eigenvalue weighted by Crippen LogP contribution is -2.05. The van der Waals surface area contributed by atoms with E-state index in [1.54, 1.807) is 6.08 Å². The van der Waals surface area contributed by atoms with Gasteiger partial charge in [0.1, 0.15) is 0 Å². The summed E-state index contributed by atoms with van der Waals surface area (Å²) in [4.78, 5) is 4.43. The van der Waals surface area contributed by atoms with Crippen molar-refractivity contribution in [1.82, 2.24) is 9.55 Å². The fourth-order valence-electron chi connectivity index (χ4n) is 1.62. The summed E-state index contributed by atoms with van der Waals surface area (Å²) in [5, 5.41) is 3.89. The van der Waals surface area contributed by atoms with Gasteiger partial charge in [-0.3, -0.25) is 4.57 Å². The number of nitrogens with one attached hydrogen (secondary N) is 1. The molecule has 0 fully saturated rings. The van der Waals surface area contributed by atoms with E-state index in [9.17, 15) is 0 Å². The molecule has 3 nitrogen and oxygen atoms in total. The normalized spacial score (nSPS) is 10.4. The van der Waals surface area contributed by atoms with E-state index < -0.39 is 0 Å². The van der Waals surface area contributed by atoms with Gasteiger partial charge in [-0.15, -0.1) is 6.58 Å². The number of halogens is 2. The van der Waals surface area contributed by atoms with Crippen molar-refractivity contribution in [2.24, 2.45) is 0 Å². The summed E-state index contributed by atoms with van der Waals surface area (Å²) in [7, 11) is 0. The first-order chi connectivity index (χ1) is 8.61. The number of hydrogen-bond acceptors (Lipinski definition) is 2. The maximum Gasteiger partial charge on any atom is 0.207 e. The lowest BCUT2D eigenvalue weighted by atomic mass is 10.3. The molecular weight excluding hydrogens is 314 g/mol. The third-order valence-electron chi connectivity index (χ3n) is 2.41. The topological polar surface area (TPSA) is 29.9 Å². The molecule has 1 N–H and O–H groups in total. The van der Waals surface area contributed by atoms with E-state index in [2.05, 4.69) is 32.8 Å². The maximum atomic E-state index is 6.00. The third-order valence-corrected chi connectivity index (χ3v) is 3.63. The number of aromatic nitrogens is 2. The molecular formula is C13H13BrClN3. The number of imidazole rings is 1. The van der Waals surface area contributed by atoms with E-state index in [1.807, 2.05) is 35.9 Å². The Kier molecular flexibility index (Phi) is 4.09.